The highest BCUT2D eigenvalue weighted by molar-refractivity contribution is 5.17. The molecule has 0 bridgehead atoms. The number of aryl methyl sites for hydroxylation is 2. The van der Waals surface area contributed by atoms with Gasteiger partial charge in [0.05, 0.1) is 11.4 Å². The first-order valence-electron chi connectivity index (χ1n) is 5.26. The zero-order valence-corrected chi connectivity index (χ0v) is 9.87. The van der Waals surface area contributed by atoms with Crippen molar-refractivity contribution in [3.05, 3.63) is 17.6 Å². The van der Waals surface area contributed by atoms with Gasteiger partial charge in [-0.05, 0) is 13.8 Å². The molecule has 4 heteroatoms. The summed E-state index contributed by atoms with van der Waals surface area (Å²) in [7, 11) is 0. The molecule has 0 aliphatic carbocycles. The minimum absolute atomic E-state index is 0.485. The number of aromatic nitrogens is 2. The molecular formula is C11H19N3O. The van der Waals surface area contributed by atoms with Gasteiger partial charge in [-0.3, -0.25) is 4.98 Å². The standard InChI is InChI=1S/C11H19N3O/c1-8(2)12-5-6-15-11-10(4)13-7-9(3)14-11/h7-8,12H,5-6H2,1-4H3. The van der Waals surface area contributed by atoms with Crippen molar-refractivity contribution in [1.29, 1.82) is 0 Å². The summed E-state index contributed by atoms with van der Waals surface area (Å²) in [6.45, 7) is 9.47. The molecule has 84 valence electrons. The van der Waals surface area contributed by atoms with Gasteiger partial charge in [0.15, 0.2) is 0 Å². The fraction of sp³-hybridized carbons (Fsp3) is 0.636. The molecule has 15 heavy (non-hydrogen) atoms. The van der Waals surface area contributed by atoms with Crippen LogP contribution in [-0.2, 0) is 0 Å². The minimum atomic E-state index is 0.485. The van der Waals surface area contributed by atoms with Gasteiger partial charge in [-0.25, -0.2) is 4.98 Å². The van der Waals surface area contributed by atoms with E-state index in [2.05, 4.69) is 29.1 Å². The van der Waals surface area contributed by atoms with E-state index in [0.29, 0.717) is 18.5 Å². The van der Waals surface area contributed by atoms with Crippen LogP contribution in [-0.4, -0.2) is 29.2 Å². The Morgan fingerprint density at radius 3 is 2.80 bits per heavy atom. The first kappa shape index (κ1) is 11.9. The predicted octanol–water partition coefficient (Wildman–Crippen LogP) is 1.47. The summed E-state index contributed by atoms with van der Waals surface area (Å²) in [5.41, 5.74) is 1.72. The molecule has 1 aromatic heterocycles. The molecule has 1 rings (SSSR count). The summed E-state index contributed by atoms with van der Waals surface area (Å²) in [4.78, 5) is 8.46. The number of nitrogens with one attached hydrogen (secondary N) is 1. The predicted molar refractivity (Wildman–Crippen MR) is 60.1 cm³/mol. The average Bonchev–Trinajstić information content (AvgIpc) is 2.17. The third-order valence-corrected chi connectivity index (χ3v) is 1.93. The highest BCUT2D eigenvalue weighted by Gasteiger charge is 2.02. The van der Waals surface area contributed by atoms with Crippen LogP contribution in [0.1, 0.15) is 25.2 Å². The third kappa shape index (κ3) is 4.25. The van der Waals surface area contributed by atoms with Gasteiger partial charge in [0.2, 0.25) is 5.88 Å². The fourth-order valence-corrected chi connectivity index (χ4v) is 1.15. The summed E-state index contributed by atoms with van der Waals surface area (Å²) >= 11 is 0. The molecule has 0 radical (unpaired) electrons. The molecule has 4 nitrogen and oxygen atoms in total. The Hall–Kier alpha value is -1.16. The normalized spacial score (nSPS) is 10.7. The van der Waals surface area contributed by atoms with E-state index in [0.717, 1.165) is 17.9 Å². The van der Waals surface area contributed by atoms with E-state index >= 15 is 0 Å². The highest BCUT2D eigenvalue weighted by Crippen LogP contribution is 2.10. The Labute approximate surface area is 91.1 Å². The molecule has 0 aromatic carbocycles. The molecule has 0 saturated heterocycles. The van der Waals surface area contributed by atoms with Gasteiger partial charge in [-0.2, -0.15) is 0 Å². The second kappa shape index (κ2) is 5.66. The number of nitrogens with zero attached hydrogens (tertiary/aromatic N) is 2. The molecule has 0 spiro atoms. The lowest BCUT2D eigenvalue weighted by Crippen LogP contribution is -2.27. The van der Waals surface area contributed by atoms with Crippen LogP contribution in [0.4, 0.5) is 0 Å². The van der Waals surface area contributed by atoms with Crippen LogP contribution in [0.25, 0.3) is 0 Å². The van der Waals surface area contributed by atoms with Gasteiger partial charge >= 0.3 is 0 Å². The second-order valence-electron chi connectivity index (χ2n) is 3.86. The van der Waals surface area contributed by atoms with Crippen LogP contribution in [0.15, 0.2) is 6.20 Å². The molecule has 0 aliphatic heterocycles. The van der Waals surface area contributed by atoms with Gasteiger partial charge in [0.25, 0.3) is 0 Å². The Bertz CT molecular complexity index is 313. The van der Waals surface area contributed by atoms with Gasteiger partial charge < -0.3 is 10.1 Å². The minimum Gasteiger partial charge on any atom is -0.475 e. The lowest BCUT2D eigenvalue weighted by Gasteiger charge is -2.10. The van der Waals surface area contributed by atoms with Crippen LogP contribution in [0.3, 0.4) is 0 Å². The number of rotatable bonds is 5. The van der Waals surface area contributed by atoms with E-state index in [4.69, 9.17) is 4.74 Å². The maximum atomic E-state index is 5.53. The second-order valence-corrected chi connectivity index (χ2v) is 3.86. The summed E-state index contributed by atoms with van der Waals surface area (Å²) < 4.78 is 5.53. The monoisotopic (exact) mass is 209 g/mol. The van der Waals surface area contributed by atoms with Crippen molar-refractivity contribution in [2.24, 2.45) is 0 Å². The first-order valence-corrected chi connectivity index (χ1v) is 5.26. The molecule has 1 heterocycles. The van der Waals surface area contributed by atoms with Gasteiger partial charge in [-0.15, -0.1) is 0 Å². The van der Waals surface area contributed by atoms with Crippen LogP contribution in [0.2, 0.25) is 0 Å². The van der Waals surface area contributed by atoms with Crippen molar-refractivity contribution < 1.29 is 4.74 Å². The topological polar surface area (TPSA) is 47.0 Å². The van der Waals surface area contributed by atoms with E-state index < -0.39 is 0 Å². The van der Waals surface area contributed by atoms with E-state index in [9.17, 15) is 0 Å². The third-order valence-electron chi connectivity index (χ3n) is 1.93. The SMILES string of the molecule is Cc1cnc(C)c(OCCNC(C)C)n1. The number of hydrogen-bond acceptors (Lipinski definition) is 4. The largest absolute Gasteiger partial charge is 0.475 e. The Morgan fingerprint density at radius 1 is 1.40 bits per heavy atom. The Balaban J connectivity index is 2.40. The van der Waals surface area contributed by atoms with Gasteiger partial charge in [-0.1, -0.05) is 13.8 Å². The van der Waals surface area contributed by atoms with Crippen molar-refractivity contribution >= 4 is 0 Å². The van der Waals surface area contributed by atoms with Crippen LogP contribution in [0.5, 0.6) is 5.88 Å². The van der Waals surface area contributed by atoms with Crippen molar-refractivity contribution in [2.45, 2.75) is 33.7 Å². The van der Waals surface area contributed by atoms with E-state index in [1.54, 1.807) is 6.20 Å². The van der Waals surface area contributed by atoms with Gasteiger partial charge in [0, 0.05) is 18.8 Å². The molecule has 0 fully saturated rings. The maximum Gasteiger partial charge on any atom is 0.235 e. The molecule has 0 unspecified atom stereocenters. The molecule has 1 aromatic rings. The molecule has 0 atom stereocenters. The zero-order chi connectivity index (χ0) is 11.3. The highest BCUT2D eigenvalue weighted by atomic mass is 16.5. The number of hydrogen-bond donors (Lipinski definition) is 1. The van der Waals surface area contributed by atoms with E-state index in [-0.39, 0.29) is 0 Å². The van der Waals surface area contributed by atoms with Crippen LogP contribution >= 0.6 is 0 Å². The van der Waals surface area contributed by atoms with E-state index in [1.165, 1.54) is 0 Å². The summed E-state index contributed by atoms with van der Waals surface area (Å²) in [5, 5.41) is 3.28. The zero-order valence-electron chi connectivity index (χ0n) is 9.87. The molecule has 1 N–H and O–H groups in total. The quantitative estimate of drug-likeness (QED) is 0.746. The lowest BCUT2D eigenvalue weighted by molar-refractivity contribution is 0.293. The maximum absolute atomic E-state index is 5.53. The van der Waals surface area contributed by atoms with Crippen molar-refractivity contribution in [3.8, 4) is 5.88 Å². The van der Waals surface area contributed by atoms with Crippen molar-refractivity contribution in [2.75, 3.05) is 13.2 Å². The summed E-state index contributed by atoms with van der Waals surface area (Å²) in [5.74, 6) is 0.639. The van der Waals surface area contributed by atoms with Crippen molar-refractivity contribution in [3.63, 3.8) is 0 Å². The Morgan fingerprint density at radius 2 is 2.13 bits per heavy atom. The Kier molecular flexibility index (Phi) is 4.49. The average molecular weight is 209 g/mol. The molecule has 0 aliphatic rings. The smallest absolute Gasteiger partial charge is 0.235 e. The van der Waals surface area contributed by atoms with Crippen molar-refractivity contribution in [1.82, 2.24) is 15.3 Å². The van der Waals surface area contributed by atoms with Gasteiger partial charge in [0.1, 0.15) is 6.61 Å². The first-order chi connectivity index (χ1) is 7.09. The summed E-state index contributed by atoms with van der Waals surface area (Å²) in [6, 6.07) is 0.485. The lowest BCUT2D eigenvalue weighted by atomic mass is 10.4. The fourth-order valence-electron chi connectivity index (χ4n) is 1.15. The summed E-state index contributed by atoms with van der Waals surface area (Å²) in [6.07, 6.45) is 1.74. The number of ether oxygens (including phenoxy) is 1. The van der Waals surface area contributed by atoms with Crippen LogP contribution in [0, 0.1) is 13.8 Å². The van der Waals surface area contributed by atoms with Crippen LogP contribution < -0.4 is 10.1 Å². The van der Waals surface area contributed by atoms with E-state index in [1.807, 2.05) is 13.8 Å². The molecular weight excluding hydrogens is 190 g/mol. The molecule has 0 amide bonds. The molecule has 0 saturated carbocycles.